The molecule has 2 aromatic heterocycles. The minimum absolute atomic E-state index is 0.0793. The molecule has 5 atom stereocenters. The first kappa shape index (κ1) is 22.0. The Morgan fingerprint density at radius 3 is 2.68 bits per heavy atom. The van der Waals surface area contributed by atoms with Gasteiger partial charge in [-0.05, 0) is 57.2 Å². The number of benzene rings is 1. The summed E-state index contributed by atoms with van der Waals surface area (Å²) in [6.45, 7) is 4.32. The van der Waals surface area contributed by atoms with Crippen LogP contribution < -0.4 is 5.56 Å². The molecule has 1 aromatic carbocycles. The van der Waals surface area contributed by atoms with Gasteiger partial charge in [0.2, 0.25) is 0 Å². The number of amides is 1. The number of thiophene rings is 1. The van der Waals surface area contributed by atoms with Gasteiger partial charge in [-0.25, -0.2) is 4.98 Å². The summed E-state index contributed by atoms with van der Waals surface area (Å²) in [5.74, 6) is 0.0929. The molecule has 1 amide bonds. The van der Waals surface area contributed by atoms with Gasteiger partial charge >= 0.3 is 0 Å². The van der Waals surface area contributed by atoms with Crippen molar-refractivity contribution in [1.29, 1.82) is 0 Å². The maximum absolute atomic E-state index is 14.3. The second-order valence-electron chi connectivity index (χ2n) is 10.8. The van der Waals surface area contributed by atoms with Gasteiger partial charge < -0.3 is 9.47 Å². The van der Waals surface area contributed by atoms with Gasteiger partial charge in [-0.1, -0.05) is 37.3 Å². The smallest absolute Gasteiger partial charge is 0.264 e. The SMILES string of the molecule is Cc1c(C(=O)N2[C@H]3CCC[C@H]4N(C)[C@H](Cc5ccccc5)[C@@H]2C[C@@]34C)sc2ncn(C)c(=O)c12. The Morgan fingerprint density at radius 2 is 1.91 bits per heavy atom. The molecule has 2 saturated heterocycles. The van der Waals surface area contributed by atoms with E-state index in [0.717, 1.165) is 31.2 Å². The predicted octanol–water partition coefficient (Wildman–Crippen LogP) is 4.00. The highest BCUT2D eigenvalue weighted by Gasteiger charge is 2.63. The van der Waals surface area contributed by atoms with Gasteiger partial charge in [-0.2, -0.15) is 0 Å². The first-order valence-electron chi connectivity index (χ1n) is 12.3. The molecule has 3 aliphatic rings. The molecule has 0 unspecified atom stereocenters. The molecule has 6 nitrogen and oxygen atoms in total. The van der Waals surface area contributed by atoms with E-state index in [2.05, 4.69) is 59.1 Å². The number of aryl methyl sites for hydroxylation is 2. The Hall–Kier alpha value is -2.51. The number of nitrogens with zero attached hydrogens (tertiary/aromatic N) is 4. The van der Waals surface area contributed by atoms with Gasteiger partial charge in [0.1, 0.15) is 4.83 Å². The monoisotopic (exact) mass is 476 g/mol. The van der Waals surface area contributed by atoms with E-state index in [4.69, 9.17) is 0 Å². The number of carbonyl (C=O) groups excluding carboxylic acids is 1. The number of likely N-dealkylation sites (N-methyl/N-ethyl adjacent to an activating group) is 1. The minimum atomic E-state index is -0.0793. The lowest BCUT2D eigenvalue weighted by Crippen LogP contribution is -2.59. The van der Waals surface area contributed by atoms with Gasteiger partial charge in [0.05, 0.1) is 16.6 Å². The molecule has 0 N–H and O–H groups in total. The summed E-state index contributed by atoms with van der Waals surface area (Å²) in [6, 6.07) is 11.9. The number of aromatic nitrogens is 2. The van der Waals surface area contributed by atoms with Crippen LogP contribution in [0.1, 0.15) is 53.4 Å². The summed E-state index contributed by atoms with van der Waals surface area (Å²) in [4.78, 5) is 37.8. The van der Waals surface area contributed by atoms with Crippen molar-refractivity contribution >= 4 is 27.5 Å². The summed E-state index contributed by atoms with van der Waals surface area (Å²) in [7, 11) is 3.99. The van der Waals surface area contributed by atoms with E-state index in [-0.39, 0.29) is 35.0 Å². The molecule has 0 spiro atoms. The van der Waals surface area contributed by atoms with Crippen molar-refractivity contribution in [3.8, 4) is 0 Å². The van der Waals surface area contributed by atoms with Crippen molar-refractivity contribution in [1.82, 2.24) is 19.4 Å². The predicted molar refractivity (Wildman–Crippen MR) is 135 cm³/mol. The molecular formula is C27H32N4O2S. The fourth-order valence-corrected chi connectivity index (χ4v) is 8.43. The second kappa shape index (κ2) is 7.75. The van der Waals surface area contributed by atoms with Gasteiger partial charge in [0, 0.05) is 36.6 Å². The third-order valence-electron chi connectivity index (χ3n) is 9.01. The molecule has 34 heavy (non-hydrogen) atoms. The fourth-order valence-electron chi connectivity index (χ4n) is 7.35. The van der Waals surface area contributed by atoms with Gasteiger partial charge in [0.15, 0.2) is 0 Å². The Kier molecular flexibility index (Phi) is 5.01. The third-order valence-corrected chi connectivity index (χ3v) is 10.2. The molecule has 1 saturated carbocycles. The molecule has 3 fully saturated rings. The highest BCUT2D eigenvalue weighted by Crippen LogP contribution is 2.56. The highest BCUT2D eigenvalue weighted by atomic mass is 32.1. The van der Waals surface area contributed by atoms with E-state index >= 15 is 0 Å². The van der Waals surface area contributed by atoms with Crippen LogP contribution in [0.15, 0.2) is 41.5 Å². The lowest BCUT2D eigenvalue weighted by molar-refractivity contribution is -0.00397. The summed E-state index contributed by atoms with van der Waals surface area (Å²) in [5.41, 5.74) is 2.14. The van der Waals surface area contributed by atoms with Gasteiger partial charge in [-0.15, -0.1) is 11.3 Å². The maximum atomic E-state index is 14.3. The van der Waals surface area contributed by atoms with Gasteiger partial charge in [0.25, 0.3) is 11.5 Å². The molecule has 0 radical (unpaired) electrons. The van der Waals surface area contributed by atoms with Crippen LogP contribution in [0.5, 0.6) is 0 Å². The minimum Gasteiger partial charge on any atom is -0.330 e. The normalized spacial score (nSPS) is 30.8. The summed E-state index contributed by atoms with van der Waals surface area (Å²) in [6.07, 6.45) is 6.96. The van der Waals surface area contributed by atoms with E-state index in [1.165, 1.54) is 27.9 Å². The molecule has 7 heteroatoms. The molecule has 2 bridgehead atoms. The average molecular weight is 477 g/mol. The topological polar surface area (TPSA) is 58.4 Å². The Balaban J connectivity index is 1.45. The maximum Gasteiger partial charge on any atom is 0.264 e. The fraction of sp³-hybridized carbons (Fsp3) is 0.519. The summed E-state index contributed by atoms with van der Waals surface area (Å²) < 4.78 is 1.50. The zero-order chi connectivity index (χ0) is 23.8. The van der Waals surface area contributed by atoms with Crippen molar-refractivity contribution < 1.29 is 4.79 Å². The number of hydrogen-bond donors (Lipinski definition) is 0. The van der Waals surface area contributed by atoms with Crippen LogP contribution >= 0.6 is 11.3 Å². The van der Waals surface area contributed by atoms with Crippen LogP contribution in [0, 0.1) is 12.3 Å². The van der Waals surface area contributed by atoms with Crippen molar-refractivity contribution in [2.45, 2.75) is 70.1 Å². The quantitative estimate of drug-likeness (QED) is 0.573. The molecule has 1 aliphatic carbocycles. The number of fused-ring (bicyclic) bond motifs is 2. The largest absolute Gasteiger partial charge is 0.330 e. The van der Waals surface area contributed by atoms with Crippen LogP contribution in [-0.2, 0) is 13.5 Å². The van der Waals surface area contributed by atoms with E-state index in [0.29, 0.717) is 21.1 Å². The number of hydrogen-bond acceptors (Lipinski definition) is 5. The van der Waals surface area contributed by atoms with E-state index < -0.39 is 0 Å². The van der Waals surface area contributed by atoms with Crippen molar-refractivity contribution in [2.75, 3.05) is 7.05 Å². The van der Waals surface area contributed by atoms with E-state index in [1.807, 2.05) is 6.92 Å². The molecule has 3 aromatic rings. The lowest BCUT2D eigenvalue weighted by Gasteiger charge is -2.51. The Morgan fingerprint density at radius 1 is 1.18 bits per heavy atom. The third kappa shape index (κ3) is 2.99. The first-order valence-corrected chi connectivity index (χ1v) is 13.2. The van der Waals surface area contributed by atoms with Crippen LogP contribution in [0.2, 0.25) is 0 Å². The Bertz CT molecular complexity index is 1330. The highest BCUT2D eigenvalue weighted by molar-refractivity contribution is 7.20. The average Bonchev–Trinajstić information content (AvgIpc) is 3.33. The first-order chi connectivity index (χ1) is 16.3. The van der Waals surface area contributed by atoms with Gasteiger partial charge in [-0.3, -0.25) is 14.5 Å². The van der Waals surface area contributed by atoms with Crippen molar-refractivity contribution in [3.05, 3.63) is 63.0 Å². The van der Waals surface area contributed by atoms with Crippen LogP contribution in [0.3, 0.4) is 0 Å². The number of likely N-dealkylation sites (tertiary alicyclic amines) is 2. The Labute approximate surface area is 204 Å². The second-order valence-corrected chi connectivity index (χ2v) is 11.8. The molecule has 2 aliphatic heterocycles. The summed E-state index contributed by atoms with van der Waals surface area (Å²) >= 11 is 1.38. The zero-order valence-electron chi connectivity index (χ0n) is 20.3. The van der Waals surface area contributed by atoms with Crippen molar-refractivity contribution in [3.63, 3.8) is 0 Å². The number of carbonyl (C=O) groups is 1. The van der Waals surface area contributed by atoms with Crippen LogP contribution in [-0.4, -0.2) is 56.5 Å². The molecule has 6 rings (SSSR count). The lowest BCUT2D eigenvalue weighted by atomic mass is 9.64. The molecule has 4 heterocycles. The summed E-state index contributed by atoms with van der Waals surface area (Å²) in [5, 5.41) is 0.589. The number of piperidine rings is 1. The van der Waals surface area contributed by atoms with Crippen LogP contribution in [0.4, 0.5) is 0 Å². The standard InChI is InChI=1S/C27H32N4O2S/c1-16-22-24(28-15-29(3)25(22)32)34-23(16)26(33)31-19-14-27(2)20(11-8-12-21(27)31)30(4)18(19)13-17-9-6-5-7-10-17/h5-7,9-10,15,18-21H,8,11-14H2,1-4H3/t18-,19+,20-,21+,27-/m1/s1. The molecule has 178 valence electrons. The van der Waals surface area contributed by atoms with Crippen molar-refractivity contribution in [2.24, 2.45) is 12.5 Å². The number of rotatable bonds is 3. The van der Waals surface area contributed by atoms with E-state index in [1.54, 1.807) is 13.4 Å². The van der Waals surface area contributed by atoms with E-state index in [9.17, 15) is 9.59 Å². The van der Waals surface area contributed by atoms with Crippen LogP contribution in [0.25, 0.3) is 10.2 Å². The molecular weight excluding hydrogens is 444 g/mol. The zero-order valence-corrected chi connectivity index (χ0v) is 21.1.